The number of ether oxygens (including phenoxy) is 4. The molecule has 0 atom stereocenters. The maximum Gasteiger partial charge on any atom is 0.343 e. The Morgan fingerprint density at radius 1 is 0.622 bits per heavy atom. The van der Waals surface area contributed by atoms with Gasteiger partial charge in [0.25, 0.3) is 0 Å². The van der Waals surface area contributed by atoms with Crippen LogP contribution in [0.4, 0.5) is 0 Å². The summed E-state index contributed by atoms with van der Waals surface area (Å²) in [5, 5.41) is 0. The average molecular weight is 561 g/mol. The third-order valence-corrected chi connectivity index (χ3v) is 5.91. The second kappa shape index (κ2) is 13.3. The van der Waals surface area contributed by atoms with Crippen LogP contribution in [0.15, 0.2) is 108 Å². The van der Waals surface area contributed by atoms with Gasteiger partial charge in [0.2, 0.25) is 0 Å². The molecule has 4 aromatic rings. The molecule has 0 amide bonds. The van der Waals surface area contributed by atoms with Crippen LogP contribution in [0.5, 0.6) is 17.2 Å². The molecule has 0 aliphatic rings. The maximum absolute atomic E-state index is 12.6. The van der Waals surface area contributed by atoms with E-state index in [1.165, 1.54) is 5.56 Å². The second-order valence-electron chi connectivity index (χ2n) is 7.94. The van der Waals surface area contributed by atoms with Gasteiger partial charge in [-0.05, 0) is 76.1 Å². The summed E-state index contributed by atoms with van der Waals surface area (Å²) >= 11 is 3.46. The summed E-state index contributed by atoms with van der Waals surface area (Å²) in [6.07, 6.45) is 0.780. The molecule has 0 fully saturated rings. The van der Waals surface area contributed by atoms with Crippen LogP contribution < -0.4 is 14.2 Å². The highest BCUT2D eigenvalue weighted by molar-refractivity contribution is 9.10. The molecule has 0 bridgehead atoms. The van der Waals surface area contributed by atoms with Crippen molar-refractivity contribution in [1.82, 2.24) is 0 Å². The predicted octanol–water partition coefficient (Wildman–Crippen LogP) is 6.53. The Morgan fingerprint density at radius 3 is 2.00 bits per heavy atom. The summed E-state index contributed by atoms with van der Waals surface area (Å²) in [5.41, 5.74) is 1.90. The number of hydrogen-bond donors (Lipinski definition) is 0. The molecule has 0 N–H and O–H groups in total. The molecule has 0 unspecified atom stereocenters. The van der Waals surface area contributed by atoms with E-state index in [0.717, 1.165) is 6.42 Å². The van der Waals surface area contributed by atoms with Gasteiger partial charge in [0.1, 0.15) is 30.5 Å². The van der Waals surface area contributed by atoms with Crippen LogP contribution in [0.1, 0.15) is 26.3 Å². The monoisotopic (exact) mass is 560 g/mol. The average Bonchev–Trinajstić information content (AvgIpc) is 2.93. The maximum atomic E-state index is 12.6. The van der Waals surface area contributed by atoms with Crippen molar-refractivity contribution >= 4 is 27.9 Å². The van der Waals surface area contributed by atoms with Gasteiger partial charge >= 0.3 is 11.9 Å². The van der Waals surface area contributed by atoms with Gasteiger partial charge in [-0.25, -0.2) is 9.59 Å². The Balaban J connectivity index is 1.23. The molecule has 0 radical (unpaired) electrons. The minimum Gasteiger partial charge on any atom is -0.492 e. The Morgan fingerprint density at radius 2 is 1.30 bits per heavy atom. The Kier molecular flexibility index (Phi) is 9.32. The fourth-order valence-electron chi connectivity index (χ4n) is 3.39. The van der Waals surface area contributed by atoms with Gasteiger partial charge in [-0.2, -0.15) is 0 Å². The summed E-state index contributed by atoms with van der Waals surface area (Å²) in [6, 6.07) is 30.6. The van der Waals surface area contributed by atoms with Crippen LogP contribution in [0.3, 0.4) is 0 Å². The van der Waals surface area contributed by atoms with Crippen molar-refractivity contribution < 1.29 is 28.5 Å². The van der Waals surface area contributed by atoms with Crippen LogP contribution in [-0.2, 0) is 11.2 Å². The minimum atomic E-state index is -0.523. The molecule has 37 heavy (non-hydrogen) atoms. The van der Waals surface area contributed by atoms with Crippen LogP contribution in [0.25, 0.3) is 0 Å². The molecule has 6 nitrogen and oxygen atoms in total. The van der Waals surface area contributed by atoms with E-state index in [-0.39, 0.29) is 13.2 Å². The quantitative estimate of drug-likeness (QED) is 0.118. The van der Waals surface area contributed by atoms with E-state index in [2.05, 4.69) is 28.1 Å². The molecule has 7 heteroatoms. The van der Waals surface area contributed by atoms with Gasteiger partial charge in [-0.3, -0.25) is 0 Å². The normalized spacial score (nSPS) is 10.4. The van der Waals surface area contributed by atoms with Gasteiger partial charge in [0.05, 0.1) is 22.2 Å². The molecule has 0 aromatic heterocycles. The van der Waals surface area contributed by atoms with E-state index >= 15 is 0 Å². The molecular weight excluding hydrogens is 536 g/mol. The highest BCUT2D eigenvalue weighted by Crippen LogP contribution is 2.27. The fraction of sp³-hybridized carbons (Fsp3) is 0.133. The summed E-state index contributed by atoms with van der Waals surface area (Å²) in [7, 11) is 0. The van der Waals surface area contributed by atoms with E-state index in [9.17, 15) is 9.59 Å². The molecule has 0 aliphatic heterocycles. The van der Waals surface area contributed by atoms with Crippen molar-refractivity contribution in [2.75, 3.05) is 19.8 Å². The molecule has 188 valence electrons. The molecular formula is C30H25BrO6. The zero-order valence-electron chi connectivity index (χ0n) is 20.0. The van der Waals surface area contributed by atoms with Gasteiger partial charge in [0.15, 0.2) is 0 Å². The number of carbonyl (C=O) groups is 2. The van der Waals surface area contributed by atoms with E-state index in [1.54, 1.807) is 42.5 Å². The predicted molar refractivity (Wildman–Crippen MR) is 143 cm³/mol. The lowest BCUT2D eigenvalue weighted by atomic mass is 10.2. The smallest absolute Gasteiger partial charge is 0.343 e. The zero-order valence-corrected chi connectivity index (χ0v) is 21.6. The Labute approximate surface area is 223 Å². The number of esters is 2. The molecule has 4 rings (SSSR count). The SMILES string of the molecule is O=C(OCCOc1ccccc1)c1ccc(OC(=O)c2ccc(OCCc3ccccc3)c(Br)c2)cc1. The summed E-state index contributed by atoms with van der Waals surface area (Å²) in [5.74, 6) is 0.658. The van der Waals surface area contributed by atoms with Crippen LogP contribution in [0, 0.1) is 0 Å². The standard InChI is InChI=1S/C30H25BrO6/c31-27-21-24(13-16-28(27)35-18-17-22-7-3-1-4-8-22)30(33)37-26-14-11-23(12-15-26)29(32)36-20-19-34-25-9-5-2-6-10-25/h1-16,21H,17-20H2. The lowest BCUT2D eigenvalue weighted by Gasteiger charge is -2.10. The molecule has 0 aliphatic carbocycles. The van der Waals surface area contributed by atoms with Gasteiger partial charge in [-0.1, -0.05) is 48.5 Å². The van der Waals surface area contributed by atoms with Gasteiger partial charge in [0, 0.05) is 6.42 Å². The largest absolute Gasteiger partial charge is 0.492 e. The van der Waals surface area contributed by atoms with Crippen LogP contribution >= 0.6 is 15.9 Å². The lowest BCUT2D eigenvalue weighted by Crippen LogP contribution is -2.12. The zero-order chi connectivity index (χ0) is 25.9. The number of halogens is 1. The van der Waals surface area contributed by atoms with E-state index in [1.807, 2.05) is 48.5 Å². The molecule has 0 spiro atoms. The Bertz CT molecular complexity index is 1310. The number of carbonyl (C=O) groups excluding carboxylic acids is 2. The van der Waals surface area contributed by atoms with E-state index < -0.39 is 11.9 Å². The first-order chi connectivity index (χ1) is 18.1. The molecule has 0 saturated heterocycles. The minimum absolute atomic E-state index is 0.116. The highest BCUT2D eigenvalue weighted by atomic mass is 79.9. The van der Waals surface area contributed by atoms with E-state index in [4.69, 9.17) is 18.9 Å². The van der Waals surface area contributed by atoms with Crippen molar-refractivity contribution in [3.8, 4) is 17.2 Å². The highest BCUT2D eigenvalue weighted by Gasteiger charge is 2.13. The van der Waals surface area contributed by atoms with Gasteiger partial charge in [-0.15, -0.1) is 0 Å². The third-order valence-electron chi connectivity index (χ3n) is 5.29. The first-order valence-corrected chi connectivity index (χ1v) is 12.5. The first-order valence-electron chi connectivity index (χ1n) is 11.7. The fourth-order valence-corrected chi connectivity index (χ4v) is 3.88. The van der Waals surface area contributed by atoms with Crippen molar-refractivity contribution in [1.29, 1.82) is 0 Å². The van der Waals surface area contributed by atoms with Crippen molar-refractivity contribution in [2.45, 2.75) is 6.42 Å². The molecule has 0 heterocycles. The lowest BCUT2D eigenvalue weighted by molar-refractivity contribution is 0.0450. The summed E-state index contributed by atoms with van der Waals surface area (Å²) in [6.45, 7) is 0.879. The number of para-hydroxylation sites is 1. The summed E-state index contributed by atoms with van der Waals surface area (Å²) < 4.78 is 22.7. The van der Waals surface area contributed by atoms with Gasteiger partial charge < -0.3 is 18.9 Å². The molecule has 4 aromatic carbocycles. The van der Waals surface area contributed by atoms with Crippen LogP contribution in [-0.4, -0.2) is 31.8 Å². The second-order valence-corrected chi connectivity index (χ2v) is 8.79. The summed E-state index contributed by atoms with van der Waals surface area (Å²) in [4.78, 5) is 24.8. The molecule has 0 saturated carbocycles. The van der Waals surface area contributed by atoms with E-state index in [0.29, 0.717) is 39.5 Å². The third kappa shape index (κ3) is 7.95. The Hall–Kier alpha value is -4.10. The first kappa shape index (κ1) is 26.0. The van der Waals surface area contributed by atoms with Crippen molar-refractivity contribution in [3.63, 3.8) is 0 Å². The van der Waals surface area contributed by atoms with Crippen molar-refractivity contribution in [2.24, 2.45) is 0 Å². The number of benzene rings is 4. The topological polar surface area (TPSA) is 71.1 Å². The van der Waals surface area contributed by atoms with Crippen molar-refractivity contribution in [3.05, 3.63) is 124 Å². The number of rotatable bonds is 11. The van der Waals surface area contributed by atoms with Crippen LogP contribution in [0.2, 0.25) is 0 Å². The number of hydrogen-bond acceptors (Lipinski definition) is 6.